The fraction of sp³-hybridized carbons (Fsp3) is 0.235. The maximum absolute atomic E-state index is 12.1. The summed E-state index contributed by atoms with van der Waals surface area (Å²) in [7, 11) is 0. The Bertz CT molecular complexity index is 911. The Morgan fingerprint density at radius 2 is 2.19 bits per heavy atom. The second-order valence-corrected chi connectivity index (χ2v) is 7.44. The third-order valence-corrected chi connectivity index (χ3v) is 5.57. The number of carbonyl (C=O) groups excluding carboxylic acids is 1. The summed E-state index contributed by atoms with van der Waals surface area (Å²) in [4.78, 5) is 13.2. The molecule has 1 unspecified atom stereocenters. The first-order valence-electron chi connectivity index (χ1n) is 7.88. The Labute approximate surface area is 157 Å². The summed E-state index contributed by atoms with van der Waals surface area (Å²) in [5, 5.41) is 13.3. The SMILES string of the molecule is CC(NC(=O)CSc1nnc(-c2ccc3c(c2)OCO3)o1)c1cccs1. The monoisotopic (exact) mass is 389 g/mol. The van der Waals surface area contributed by atoms with E-state index >= 15 is 0 Å². The van der Waals surface area contributed by atoms with E-state index in [2.05, 4.69) is 15.5 Å². The van der Waals surface area contributed by atoms with Crippen molar-refractivity contribution in [3.05, 3.63) is 40.6 Å². The molecule has 1 aromatic carbocycles. The predicted molar refractivity (Wildman–Crippen MR) is 97.5 cm³/mol. The quantitative estimate of drug-likeness (QED) is 0.646. The number of aromatic nitrogens is 2. The number of ether oxygens (including phenoxy) is 2. The average molecular weight is 389 g/mol. The van der Waals surface area contributed by atoms with Crippen LogP contribution < -0.4 is 14.8 Å². The molecule has 1 N–H and O–H groups in total. The first-order chi connectivity index (χ1) is 12.7. The molecule has 1 aliphatic rings. The van der Waals surface area contributed by atoms with Crippen LogP contribution in [0, 0.1) is 0 Å². The number of rotatable bonds is 6. The maximum Gasteiger partial charge on any atom is 0.277 e. The summed E-state index contributed by atoms with van der Waals surface area (Å²) in [6.07, 6.45) is 0. The number of benzene rings is 1. The zero-order chi connectivity index (χ0) is 17.9. The molecule has 3 heterocycles. The molecular weight excluding hydrogens is 374 g/mol. The van der Waals surface area contributed by atoms with Crippen molar-refractivity contribution in [3.63, 3.8) is 0 Å². The molecule has 9 heteroatoms. The molecule has 3 aromatic rings. The second kappa shape index (κ2) is 7.38. The van der Waals surface area contributed by atoms with Gasteiger partial charge in [-0.05, 0) is 36.6 Å². The molecule has 0 saturated heterocycles. The van der Waals surface area contributed by atoms with Crippen molar-refractivity contribution in [3.8, 4) is 23.0 Å². The van der Waals surface area contributed by atoms with E-state index in [1.54, 1.807) is 23.5 Å². The zero-order valence-corrected chi connectivity index (χ0v) is 15.4. The Hall–Kier alpha value is -2.52. The highest BCUT2D eigenvalue weighted by molar-refractivity contribution is 7.99. The fourth-order valence-electron chi connectivity index (χ4n) is 2.43. The minimum absolute atomic E-state index is 0.0185. The highest BCUT2D eigenvalue weighted by atomic mass is 32.2. The van der Waals surface area contributed by atoms with Gasteiger partial charge in [0.2, 0.25) is 18.6 Å². The summed E-state index contributed by atoms with van der Waals surface area (Å²) in [5.41, 5.74) is 0.740. The van der Waals surface area contributed by atoms with Gasteiger partial charge in [0.1, 0.15) is 0 Å². The molecule has 1 amide bonds. The number of fused-ring (bicyclic) bond motifs is 1. The lowest BCUT2D eigenvalue weighted by atomic mass is 10.2. The van der Waals surface area contributed by atoms with Crippen molar-refractivity contribution in [1.29, 1.82) is 0 Å². The van der Waals surface area contributed by atoms with Gasteiger partial charge in [-0.2, -0.15) is 0 Å². The van der Waals surface area contributed by atoms with Gasteiger partial charge in [-0.3, -0.25) is 4.79 Å². The standard InChI is InChI=1S/C17H15N3O4S2/c1-10(14-3-2-6-25-14)18-15(21)8-26-17-20-19-16(24-17)11-4-5-12-13(7-11)23-9-22-12/h2-7,10H,8-9H2,1H3,(H,18,21). The Morgan fingerprint density at radius 1 is 1.31 bits per heavy atom. The largest absolute Gasteiger partial charge is 0.454 e. The minimum Gasteiger partial charge on any atom is -0.454 e. The van der Waals surface area contributed by atoms with E-state index in [0.29, 0.717) is 22.6 Å². The van der Waals surface area contributed by atoms with Crippen molar-refractivity contribution in [1.82, 2.24) is 15.5 Å². The molecule has 0 fully saturated rings. The van der Waals surface area contributed by atoms with Gasteiger partial charge in [0.25, 0.3) is 5.22 Å². The summed E-state index contributed by atoms with van der Waals surface area (Å²) >= 11 is 2.82. The van der Waals surface area contributed by atoms with Crippen LogP contribution in [0.2, 0.25) is 0 Å². The van der Waals surface area contributed by atoms with Crippen molar-refractivity contribution >= 4 is 29.0 Å². The number of amides is 1. The molecule has 0 bridgehead atoms. The lowest BCUT2D eigenvalue weighted by Crippen LogP contribution is -2.27. The van der Waals surface area contributed by atoms with Crippen molar-refractivity contribution in [2.75, 3.05) is 12.5 Å². The lowest BCUT2D eigenvalue weighted by Gasteiger charge is -2.11. The molecule has 134 valence electrons. The molecule has 0 aliphatic carbocycles. The van der Waals surface area contributed by atoms with E-state index in [0.717, 1.165) is 10.4 Å². The number of thioether (sulfide) groups is 1. The van der Waals surface area contributed by atoms with Crippen LogP contribution in [0.1, 0.15) is 17.8 Å². The summed E-state index contributed by atoms with van der Waals surface area (Å²) in [5.74, 6) is 1.84. The smallest absolute Gasteiger partial charge is 0.277 e. The topological polar surface area (TPSA) is 86.5 Å². The predicted octanol–water partition coefficient (Wildman–Crippen LogP) is 3.50. The highest BCUT2D eigenvalue weighted by Crippen LogP contribution is 2.36. The third-order valence-electron chi connectivity index (χ3n) is 3.70. The van der Waals surface area contributed by atoms with Crippen molar-refractivity contribution < 1.29 is 18.7 Å². The van der Waals surface area contributed by atoms with Crippen LogP contribution in [0.15, 0.2) is 45.4 Å². The van der Waals surface area contributed by atoms with Gasteiger partial charge in [0.15, 0.2) is 11.5 Å². The summed E-state index contributed by atoms with van der Waals surface area (Å²) in [6, 6.07) is 9.36. The third kappa shape index (κ3) is 3.68. The van der Waals surface area contributed by atoms with E-state index in [1.165, 1.54) is 11.8 Å². The van der Waals surface area contributed by atoms with Gasteiger partial charge in [-0.15, -0.1) is 21.5 Å². The van der Waals surface area contributed by atoms with Crippen LogP contribution in [-0.4, -0.2) is 28.7 Å². The summed E-state index contributed by atoms with van der Waals surface area (Å²) < 4.78 is 16.2. The number of carbonyl (C=O) groups is 1. The van der Waals surface area contributed by atoms with Gasteiger partial charge >= 0.3 is 0 Å². The average Bonchev–Trinajstić information content (AvgIpc) is 3.40. The molecular formula is C17H15N3O4S2. The molecule has 7 nitrogen and oxygen atoms in total. The minimum atomic E-state index is -0.0845. The number of thiophene rings is 1. The number of nitrogens with one attached hydrogen (secondary N) is 1. The molecule has 26 heavy (non-hydrogen) atoms. The molecule has 4 rings (SSSR count). The Kier molecular flexibility index (Phi) is 4.81. The van der Waals surface area contributed by atoms with E-state index in [1.807, 2.05) is 30.5 Å². The van der Waals surface area contributed by atoms with Crippen molar-refractivity contribution in [2.24, 2.45) is 0 Å². The molecule has 0 radical (unpaired) electrons. The first kappa shape index (κ1) is 16.9. The van der Waals surface area contributed by atoms with E-state index < -0.39 is 0 Å². The lowest BCUT2D eigenvalue weighted by molar-refractivity contribution is -0.119. The first-order valence-corrected chi connectivity index (χ1v) is 9.74. The molecule has 1 aliphatic heterocycles. The fourth-order valence-corrected chi connectivity index (χ4v) is 3.74. The van der Waals surface area contributed by atoms with Crippen LogP contribution in [0.3, 0.4) is 0 Å². The number of hydrogen-bond acceptors (Lipinski definition) is 8. The van der Waals surface area contributed by atoms with Gasteiger partial charge in [0.05, 0.1) is 11.8 Å². The molecule has 0 spiro atoms. The van der Waals surface area contributed by atoms with E-state index in [-0.39, 0.29) is 24.5 Å². The van der Waals surface area contributed by atoms with E-state index in [4.69, 9.17) is 13.9 Å². The van der Waals surface area contributed by atoms with Crippen molar-refractivity contribution in [2.45, 2.75) is 18.2 Å². The normalized spacial score (nSPS) is 13.6. The molecule has 2 aromatic heterocycles. The van der Waals surface area contributed by atoms with Gasteiger partial charge in [-0.25, -0.2) is 0 Å². The second-order valence-electron chi connectivity index (χ2n) is 5.53. The zero-order valence-electron chi connectivity index (χ0n) is 13.8. The van der Waals surface area contributed by atoms with Crippen LogP contribution >= 0.6 is 23.1 Å². The van der Waals surface area contributed by atoms with Crippen LogP contribution in [0.25, 0.3) is 11.5 Å². The van der Waals surface area contributed by atoms with Crippen LogP contribution in [0.4, 0.5) is 0 Å². The van der Waals surface area contributed by atoms with Gasteiger partial charge < -0.3 is 19.2 Å². The van der Waals surface area contributed by atoms with E-state index in [9.17, 15) is 4.79 Å². The molecule has 1 atom stereocenters. The highest BCUT2D eigenvalue weighted by Gasteiger charge is 2.17. The maximum atomic E-state index is 12.1. The number of hydrogen-bond donors (Lipinski definition) is 1. The van der Waals surface area contributed by atoms with Crippen LogP contribution in [-0.2, 0) is 4.79 Å². The Morgan fingerprint density at radius 3 is 3.04 bits per heavy atom. The summed E-state index contributed by atoms with van der Waals surface area (Å²) in [6.45, 7) is 2.17. The molecule has 0 saturated carbocycles. The van der Waals surface area contributed by atoms with Crippen LogP contribution in [0.5, 0.6) is 11.5 Å². The number of nitrogens with zero attached hydrogens (tertiary/aromatic N) is 2. The van der Waals surface area contributed by atoms with Gasteiger partial charge in [0, 0.05) is 10.4 Å². The Balaban J connectivity index is 1.34. The van der Waals surface area contributed by atoms with Gasteiger partial charge in [-0.1, -0.05) is 17.8 Å².